The smallest absolute Gasteiger partial charge is 0.327 e. The Morgan fingerprint density at radius 2 is 2.16 bits per heavy atom. The Morgan fingerprint density at radius 1 is 1.32 bits per heavy atom. The van der Waals surface area contributed by atoms with Crippen LogP contribution in [0.4, 0.5) is 0 Å². The van der Waals surface area contributed by atoms with E-state index in [4.69, 9.17) is 10.5 Å². The van der Waals surface area contributed by atoms with E-state index in [9.17, 15) is 4.79 Å². The van der Waals surface area contributed by atoms with Gasteiger partial charge in [-0.2, -0.15) is 0 Å². The summed E-state index contributed by atoms with van der Waals surface area (Å²) in [5.74, 6) is 0.823. The second-order valence-electron chi connectivity index (χ2n) is 4.44. The van der Waals surface area contributed by atoms with E-state index in [1.807, 2.05) is 24.3 Å². The highest BCUT2D eigenvalue weighted by Gasteiger charge is 2.00. The van der Waals surface area contributed by atoms with Crippen LogP contribution in [-0.2, 0) is 20.1 Å². The van der Waals surface area contributed by atoms with Crippen LogP contribution in [0.1, 0.15) is 12.0 Å². The number of aryl methyl sites for hydroxylation is 2. The van der Waals surface area contributed by atoms with Crippen molar-refractivity contribution in [3.05, 3.63) is 52.7 Å². The second kappa shape index (κ2) is 6.24. The highest BCUT2D eigenvalue weighted by Crippen LogP contribution is 2.13. The summed E-state index contributed by atoms with van der Waals surface area (Å²) >= 11 is 0. The van der Waals surface area contributed by atoms with Gasteiger partial charge in [0.25, 0.3) is 0 Å². The van der Waals surface area contributed by atoms with Crippen LogP contribution < -0.4 is 16.2 Å². The maximum atomic E-state index is 11.6. The number of hydrogen-bond donors (Lipinski definition) is 1. The Morgan fingerprint density at radius 3 is 2.84 bits per heavy atom. The minimum absolute atomic E-state index is 0.00475. The average molecular weight is 261 g/mol. The van der Waals surface area contributed by atoms with E-state index >= 15 is 0 Å². The van der Waals surface area contributed by atoms with Gasteiger partial charge in [-0.3, -0.25) is 4.57 Å². The predicted molar refractivity (Wildman–Crippen MR) is 74.1 cm³/mol. The zero-order chi connectivity index (χ0) is 13.7. The number of hydrogen-bond acceptors (Lipinski definition) is 3. The Bertz CT molecular complexity index is 586. The summed E-state index contributed by atoms with van der Waals surface area (Å²) in [6.45, 7) is 1.75. The van der Waals surface area contributed by atoms with E-state index < -0.39 is 0 Å². The van der Waals surface area contributed by atoms with Gasteiger partial charge in [-0.15, -0.1) is 0 Å². The first kappa shape index (κ1) is 13.4. The molecule has 2 aromatic rings. The van der Waals surface area contributed by atoms with Crippen LogP contribution in [0, 0.1) is 0 Å². The average Bonchev–Trinajstić information content (AvgIpc) is 2.75. The predicted octanol–water partition coefficient (Wildman–Crippen LogP) is 1.11. The molecule has 2 N–H and O–H groups in total. The molecule has 5 nitrogen and oxygen atoms in total. The van der Waals surface area contributed by atoms with Gasteiger partial charge in [-0.05, 0) is 24.1 Å². The van der Waals surface area contributed by atoms with Crippen molar-refractivity contribution < 1.29 is 4.74 Å². The monoisotopic (exact) mass is 261 g/mol. The minimum Gasteiger partial charge on any atom is -0.494 e. The maximum Gasteiger partial charge on any atom is 0.327 e. The lowest BCUT2D eigenvalue weighted by atomic mass is 10.2. The summed E-state index contributed by atoms with van der Waals surface area (Å²) in [5, 5.41) is 0. The first-order chi connectivity index (χ1) is 9.20. The molecule has 0 aliphatic rings. The van der Waals surface area contributed by atoms with Crippen LogP contribution in [0.15, 0.2) is 41.5 Å². The van der Waals surface area contributed by atoms with Crippen LogP contribution in [0.25, 0.3) is 0 Å². The van der Waals surface area contributed by atoms with Crippen molar-refractivity contribution in [3.8, 4) is 5.75 Å². The molecule has 0 bridgehead atoms. The van der Waals surface area contributed by atoms with Crippen LogP contribution >= 0.6 is 0 Å². The molecular formula is C14H19N3O2. The lowest BCUT2D eigenvalue weighted by Crippen LogP contribution is -2.22. The zero-order valence-corrected chi connectivity index (χ0v) is 11.1. The van der Waals surface area contributed by atoms with E-state index in [-0.39, 0.29) is 5.69 Å². The molecule has 19 heavy (non-hydrogen) atoms. The fourth-order valence-electron chi connectivity index (χ4n) is 1.87. The van der Waals surface area contributed by atoms with E-state index in [0.717, 1.165) is 17.7 Å². The van der Waals surface area contributed by atoms with Gasteiger partial charge in [-0.25, -0.2) is 4.79 Å². The first-order valence-electron chi connectivity index (χ1n) is 6.34. The number of nitrogens with zero attached hydrogens (tertiary/aromatic N) is 2. The number of benzene rings is 1. The first-order valence-corrected chi connectivity index (χ1v) is 6.34. The third-order valence-corrected chi connectivity index (χ3v) is 2.96. The largest absolute Gasteiger partial charge is 0.494 e. The Labute approximate surface area is 112 Å². The van der Waals surface area contributed by atoms with Gasteiger partial charge in [0.1, 0.15) is 5.75 Å². The highest BCUT2D eigenvalue weighted by atomic mass is 16.5. The van der Waals surface area contributed by atoms with Crippen LogP contribution in [-0.4, -0.2) is 15.7 Å². The molecule has 0 radical (unpaired) electrons. The van der Waals surface area contributed by atoms with E-state index in [1.165, 1.54) is 0 Å². The molecule has 0 atom stereocenters. The number of imidazole rings is 1. The number of aromatic nitrogens is 2. The standard InChI is InChI=1S/C14H19N3O2/c1-16-7-8-17(14(16)18)6-3-9-19-13-5-2-4-12(10-13)11-15/h2,4-5,7-8,10H,3,6,9,11,15H2,1H3. The van der Waals surface area contributed by atoms with Crippen LogP contribution in [0.2, 0.25) is 0 Å². The van der Waals surface area contributed by atoms with Gasteiger partial charge in [0.05, 0.1) is 6.61 Å². The molecule has 0 amide bonds. The lowest BCUT2D eigenvalue weighted by Gasteiger charge is -2.07. The van der Waals surface area contributed by atoms with E-state index in [2.05, 4.69) is 0 Å². The number of ether oxygens (including phenoxy) is 1. The van der Waals surface area contributed by atoms with Crippen molar-refractivity contribution in [2.45, 2.75) is 19.5 Å². The molecule has 1 aromatic carbocycles. The summed E-state index contributed by atoms with van der Waals surface area (Å²) in [4.78, 5) is 11.6. The van der Waals surface area contributed by atoms with Gasteiger partial charge >= 0.3 is 5.69 Å². The van der Waals surface area contributed by atoms with Crippen molar-refractivity contribution in [1.82, 2.24) is 9.13 Å². The molecule has 102 valence electrons. The van der Waals surface area contributed by atoms with Crippen molar-refractivity contribution in [3.63, 3.8) is 0 Å². The van der Waals surface area contributed by atoms with E-state index in [0.29, 0.717) is 19.7 Å². The summed E-state index contributed by atoms with van der Waals surface area (Å²) in [5.41, 5.74) is 6.63. The fourth-order valence-corrected chi connectivity index (χ4v) is 1.87. The van der Waals surface area contributed by atoms with Gasteiger partial charge < -0.3 is 15.0 Å². The van der Waals surface area contributed by atoms with Gasteiger partial charge in [0, 0.05) is 32.5 Å². The minimum atomic E-state index is 0.00475. The molecule has 0 saturated heterocycles. The molecule has 1 aromatic heterocycles. The molecular weight excluding hydrogens is 242 g/mol. The van der Waals surface area contributed by atoms with Crippen LogP contribution in [0.5, 0.6) is 5.75 Å². The number of rotatable bonds is 6. The maximum absolute atomic E-state index is 11.6. The Hall–Kier alpha value is -2.01. The summed E-state index contributed by atoms with van der Waals surface area (Å²) in [7, 11) is 1.74. The topological polar surface area (TPSA) is 62.2 Å². The van der Waals surface area contributed by atoms with E-state index in [1.54, 1.807) is 28.6 Å². The molecule has 0 unspecified atom stereocenters. The molecule has 0 fully saturated rings. The van der Waals surface area contributed by atoms with Gasteiger partial charge in [0.15, 0.2) is 0 Å². The summed E-state index contributed by atoms with van der Waals surface area (Å²) in [6, 6.07) is 7.75. The third-order valence-electron chi connectivity index (χ3n) is 2.96. The fraction of sp³-hybridized carbons (Fsp3) is 0.357. The molecule has 2 rings (SSSR count). The normalized spacial score (nSPS) is 10.6. The van der Waals surface area contributed by atoms with Gasteiger partial charge in [-0.1, -0.05) is 12.1 Å². The second-order valence-corrected chi connectivity index (χ2v) is 4.44. The van der Waals surface area contributed by atoms with Crippen molar-refractivity contribution in [1.29, 1.82) is 0 Å². The Balaban J connectivity index is 1.80. The van der Waals surface area contributed by atoms with Crippen LogP contribution in [0.3, 0.4) is 0 Å². The highest BCUT2D eigenvalue weighted by molar-refractivity contribution is 5.28. The van der Waals surface area contributed by atoms with Crippen molar-refractivity contribution >= 4 is 0 Å². The molecule has 0 aliphatic heterocycles. The molecule has 1 heterocycles. The lowest BCUT2D eigenvalue weighted by molar-refractivity contribution is 0.300. The van der Waals surface area contributed by atoms with Gasteiger partial charge in [0.2, 0.25) is 0 Å². The third kappa shape index (κ3) is 3.48. The number of nitrogens with two attached hydrogens (primary N) is 1. The summed E-state index contributed by atoms with van der Waals surface area (Å²) < 4.78 is 8.88. The zero-order valence-electron chi connectivity index (χ0n) is 11.1. The SMILES string of the molecule is Cn1ccn(CCCOc2cccc(CN)c2)c1=O. The molecule has 0 aliphatic carbocycles. The quantitative estimate of drug-likeness (QED) is 0.792. The summed E-state index contributed by atoms with van der Waals surface area (Å²) in [6.07, 6.45) is 4.34. The van der Waals surface area contributed by atoms with Crippen molar-refractivity contribution in [2.75, 3.05) is 6.61 Å². The molecule has 0 spiro atoms. The molecule has 0 saturated carbocycles. The van der Waals surface area contributed by atoms with Crippen molar-refractivity contribution in [2.24, 2.45) is 12.8 Å². The molecule has 5 heteroatoms. The Kier molecular flexibility index (Phi) is 4.41.